The van der Waals surface area contributed by atoms with E-state index in [-0.39, 0.29) is 24.1 Å². The number of H-pyrrole nitrogens is 1. The summed E-state index contributed by atoms with van der Waals surface area (Å²) < 4.78 is 12.2. The molecule has 0 bridgehead atoms. The van der Waals surface area contributed by atoms with Crippen molar-refractivity contribution in [3.8, 4) is 28.0 Å². The van der Waals surface area contributed by atoms with Gasteiger partial charge in [0.2, 0.25) is 5.88 Å². The van der Waals surface area contributed by atoms with Gasteiger partial charge in [-0.3, -0.25) is 9.67 Å². The number of hydrogen-bond acceptors (Lipinski definition) is 7. The second-order valence-corrected chi connectivity index (χ2v) is 9.00. The minimum atomic E-state index is -0.461. The second-order valence-electron chi connectivity index (χ2n) is 8.17. The van der Waals surface area contributed by atoms with Crippen LogP contribution in [0.3, 0.4) is 0 Å². The van der Waals surface area contributed by atoms with E-state index in [0.29, 0.717) is 10.6 Å². The van der Waals surface area contributed by atoms with E-state index in [0.717, 1.165) is 53.8 Å². The van der Waals surface area contributed by atoms with Gasteiger partial charge < -0.3 is 14.6 Å². The first-order chi connectivity index (χ1) is 16.1. The standard InChI is InChI=1S/C24H26N4O4S/c1-3-32-23(30)17-13-33-24(25-17)28-21(15-7-5-4-6-8-15)18-19(26-27-20(18)22(28)29)14-9-11-16(31-2)12-10-14/h9-13,15,27,29H,3-8H2,1-2H3. The van der Waals surface area contributed by atoms with Crippen LogP contribution in [0, 0.1) is 0 Å². The smallest absolute Gasteiger partial charge is 0.357 e. The lowest BCUT2D eigenvalue weighted by Gasteiger charge is -2.23. The van der Waals surface area contributed by atoms with Crippen molar-refractivity contribution >= 4 is 28.2 Å². The Kier molecular flexibility index (Phi) is 5.80. The van der Waals surface area contributed by atoms with Gasteiger partial charge in [0.1, 0.15) is 17.0 Å². The van der Waals surface area contributed by atoms with E-state index in [2.05, 4.69) is 15.2 Å². The maximum atomic E-state index is 12.2. The Morgan fingerprint density at radius 3 is 2.70 bits per heavy atom. The average Bonchev–Trinajstić information content (AvgIpc) is 3.56. The fourth-order valence-electron chi connectivity index (χ4n) is 4.67. The average molecular weight is 467 g/mol. The zero-order valence-corrected chi connectivity index (χ0v) is 19.4. The van der Waals surface area contributed by atoms with Gasteiger partial charge in [-0.15, -0.1) is 11.3 Å². The molecule has 33 heavy (non-hydrogen) atoms. The highest BCUT2D eigenvalue weighted by molar-refractivity contribution is 7.12. The number of thiazole rings is 1. The van der Waals surface area contributed by atoms with Crippen LogP contribution in [-0.4, -0.2) is 44.5 Å². The quantitative estimate of drug-likeness (QED) is 0.368. The molecule has 3 heterocycles. The van der Waals surface area contributed by atoms with Crippen LogP contribution in [0.25, 0.3) is 27.3 Å². The van der Waals surface area contributed by atoms with E-state index in [1.165, 1.54) is 17.8 Å². The van der Waals surface area contributed by atoms with E-state index < -0.39 is 5.97 Å². The summed E-state index contributed by atoms with van der Waals surface area (Å²) in [6.45, 7) is 2.05. The zero-order chi connectivity index (χ0) is 22.9. The van der Waals surface area contributed by atoms with Gasteiger partial charge >= 0.3 is 5.97 Å². The molecule has 0 aliphatic heterocycles. The second kappa shape index (κ2) is 8.90. The predicted molar refractivity (Wildman–Crippen MR) is 127 cm³/mol. The molecule has 5 rings (SSSR count). The fourth-order valence-corrected chi connectivity index (χ4v) is 5.48. The molecule has 1 aliphatic carbocycles. The van der Waals surface area contributed by atoms with Gasteiger partial charge in [-0.05, 0) is 44.0 Å². The Bertz CT molecular complexity index is 1280. The highest BCUT2D eigenvalue weighted by atomic mass is 32.1. The van der Waals surface area contributed by atoms with Crippen molar-refractivity contribution in [3.63, 3.8) is 0 Å². The molecule has 2 N–H and O–H groups in total. The third kappa shape index (κ3) is 3.76. The van der Waals surface area contributed by atoms with Crippen LogP contribution in [-0.2, 0) is 4.74 Å². The van der Waals surface area contributed by atoms with Gasteiger partial charge in [-0.1, -0.05) is 19.3 Å². The highest BCUT2D eigenvalue weighted by Gasteiger charge is 2.31. The number of nitrogens with one attached hydrogen (secondary N) is 1. The first-order valence-corrected chi connectivity index (χ1v) is 12.1. The normalized spacial score (nSPS) is 14.6. The molecule has 0 atom stereocenters. The topological polar surface area (TPSA) is 102 Å². The summed E-state index contributed by atoms with van der Waals surface area (Å²) in [4.78, 5) is 16.7. The predicted octanol–water partition coefficient (Wildman–Crippen LogP) is 5.42. The summed E-state index contributed by atoms with van der Waals surface area (Å²) >= 11 is 1.31. The number of methoxy groups -OCH3 is 1. The molecule has 172 valence electrons. The summed E-state index contributed by atoms with van der Waals surface area (Å²) in [6, 6.07) is 7.74. The molecular formula is C24H26N4O4S. The number of aromatic amines is 1. The molecular weight excluding hydrogens is 440 g/mol. The summed E-state index contributed by atoms with van der Waals surface area (Å²) in [5.74, 6) is 0.624. The molecule has 0 amide bonds. The van der Waals surface area contributed by atoms with Gasteiger partial charge in [0.25, 0.3) is 0 Å². The number of nitrogens with zero attached hydrogens (tertiary/aromatic N) is 3. The molecule has 0 unspecified atom stereocenters. The van der Waals surface area contributed by atoms with E-state index in [1.54, 1.807) is 24.0 Å². The Balaban J connectivity index is 1.69. The first kappa shape index (κ1) is 21.5. The minimum Gasteiger partial charge on any atom is -0.497 e. The van der Waals surface area contributed by atoms with E-state index in [4.69, 9.17) is 9.47 Å². The van der Waals surface area contributed by atoms with Gasteiger partial charge in [0.15, 0.2) is 10.8 Å². The van der Waals surface area contributed by atoms with Crippen LogP contribution in [0.4, 0.5) is 0 Å². The molecule has 8 nitrogen and oxygen atoms in total. The maximum Gasteiger partial charge on any atom is 0.357 e. The molecule has 3 aromatic heterocycles. The number of esters is 1. The van der Waals surface area contributed by atoms with Crippen molar-refractivity contribution in [2.24, 2.45) is 0 Å². The van der Waals surface area contributed by atoms with Crippen LogP contribution in [0.2, 0.25) is 0 Å². The number of benzene rings is 1. The summed E-state index contributed by atoms with van der Waals surface area (Å²) in [5, 5.41) is 22.0. The lowest BCUT2D eigenvalue weighted by molar-refractivity contribution is 0.0520. The molecule has 1 fully saturated rings. The van der Waals surface area contributed by atoms with Crippen molar-refractivity contribution in [3.05, 3.63) is 41.0 Å². The van der Waals surface area contributed by atoms with Crippen LogP contribution in [0.15, 0.2) is 29.6 Å². The summed E-state index contributed by atoms with van der Waals surface area (Å²) in [6.07, 6.45) is 5.55. The van der Waals surface area contributed by atoms with Crippen LogP contribution < -0.4 is 4.74 Å². The van der Waals surface area contributed by atoms with Crippen molar-refractivity contribution < 1.29 is 19.4 Å². The number of ether oxygens (including phenoxy) is 2. The van der Waals surface area contributed by atoms with Crippen molar-refractivity contribution in [1.82, 2.24) is 19.7 Å². The number of rotatable bonds is 6. The molecule has 1 saturated carbocycles. The molecule has 0 spiro atoms. The number of aromatic hydroxyl groups is 1. The molecule has 4 aromatic rings. The minimum absolute atomic E-state index is 0.0580. The van der Waals surface area contributed by atoms with Crippen molar-refractivity contribution in [1.29, 1.82) is 0 Å². The lowest BCUT2D eigenvalue weighted by atomic mass is 9.85. The van der Waals surface area contributed by atoms with Crippen molar-refractivity contribution in [2.45, 2.75) is 44.9 Å². The molecule has 0 radical (unpaired) electrons. The van der Waals surface area contributed by atoms with Crippen LogP contribution >= 0.6 is 11.3 Å². The van der Waals surface area contributed by atoms with Crippen LogP contribution in [0.1, 0.15) is 61.1 Å². The van der Waals surface area contributed by atoms with E-state index >= 15 is 0 Å². The van der Waals surface area contributed by atoms with E-state index in [9.17, 15) is 9.90 Å². The van der Waals surface area contributed by atoms with Crippen LogP contribution in [0.5, 0.6) is 11.6 Å². The molecule has 0 saturated heterocycles. The number of fused-ring (bicyclic) bond motifs is 1. The summed E-state index contributed by atoms with van der Waals surface area (Å²) in [5.41, 5.74) is 3.53. The summed E-state index contributed by atoms with van der Waals surface area (Å²) in [7, 11) is 1.64. The van der Waals surface area contributed by atoms with Crippen molar-refractivity contribution in [2.75, 3.05) is 13.7 Å². The third-order valence-electron chi connectivity index (χ3n) is 6.22. The zero-order valence-electron chi connectivity index (χ0n) is 18.6. The van der Waals surface area contributed by atoms with E-state index in [1.807, 2.05) is 24.3 Å². The first-order valence-electron chi connectivity index (χ1n) is 11.2. The Labute approximate surface area is 195 Å². The van der Waals surface area contributed by atoms with Gasteiger partial charge in [0, 0.05) is 22.6 Å². The Hall–Kier alpha value is -3.33. The largest absolute Gasteiger partial charge is 0.497 e. The third-order valence-corrected chi connectivity index (χ3v) is 7.05. The molecule has 1 aromatic carbocycles. The maximum absolute atomic E-state index is 12.2. The highest BCUT2D eigenvalue weighted by Crippen LogP contribution is 2.46. The fraction of sp³-hybridized carbons (Fsp3) is 0.375. The monoisotopic (exact) mass is 466 g/mol. The number of hydrogen-bond donors (Lipinski definition) is 2. The lowest BCUT2D eigenvalue weighted by Crippen LogP contribution is -2.11. The Morgan fingerprint density at radius 2 is 2.00 bits per heavy atom. The Morgan fingerprint density at radius 1 is 1.24 bits per heavy atom. The number of aromatic nitrogens is 4. The number of carbonyl (C=O) groups excluding carboxylic acids is 1. The van der Waals surface area contributed by atoms with Gasteiger partial charge in [0.05, 0.1) is 19.1 Å². The molecule has 1 aliphatic rings. The SMILES string of the molecule is CCOC(=O)c1csc(-n2c(O)c3[nH]nc(-c4ccc(OC)cc4)c3c2C2CCCCC2)n1. The number of carbonyl (C=O) groups is 1. The van der Waals surface area contributed by atoms with Gasteiger partial charge in [-0.2, -0.15) is 5.10 Å². The molecule has 9 heteroatoms. The van der Waals surface area contributed by atoms with Gasteiger partial charge in [-0.25, -0.2) is 9.78 Å².